The Kier molecular flexibility index (Phi) is 9.37. The van der Waals surface area contributed by atoms with Gasteiger partial charge in [-0.2, -0.15) is 5.26 Å². The Hall–Kier alpha value is -4.40. The maximum atomic E-state index is 15.3. The molecule has 4 N–H and O–H groups in total. The van der Waals surface area contributed by atoms with Gasteiger partial charge in [-0.25, -0.2) is 13.8 Å². The van der Waals surface area contributed by atoms with Gasteiger partial charge in [0.25, 0.3) is 11.8 Å². The van der Waals surface area contributed by atoms with E-state index in [-0.39, 0.29) is 47.1 Å². The summed E-state index contributed by atoms with van der Waals surface area (Å²) in [6.07, 6.45) is 0.112. The lowest BCUT2D eigenvalue weighted by molar-refractivity contribution is -0.142. The molecular formula is C29H29F2N5O4. The molecule has 2 aromatic carbocycles. The van der Waals surface area contributed by atoms with Crippen LogP contribution in [-0.2, 0) is 11.2 Å². The summed E-state index contributed by atoms with van der Waals surface area (Å²) in [5.41, 5.74) is 1.01. The summed E-state index contributed by atoms with van der Waals surface area (Å²) in [7, 11) is 0. The predicted octanol–water partition coefficient (Wildman–Crippen LogP) is 2.63. The molecule has 1 saturated heterocycles. The van der Waals surface area contributed by atoms with Crippen molar-refractivity contribution < 1.29 is 28.6 Å². The summed E-state index contributed by atoms with van der Waals surface area (Å²) in [6.45, 7) is -0.0183. The molecule has 0 bridgehead atoms. The second-order valence-electron chi connectivity index (χ2n) is 9.42. The molecule has 0 aliphatic carbocycles. The first-order chi connectivity index (χ1) is 19.3. The van der Waals surface area contributed by atoms with Crippen molar-refractivity contribution in [2.45, 2.75) is 31.4 Å². The molecule has 1 aliphatic heterocycles. The highest BCUT2D eigenvalue weighted by atomic mass is 19.1. The van der Waals surface area contributed by atoms with Gasteiger partial charge < -0.3 is 25.7 Å². The van der Waals surface area contributed by atoms with E-state index < -0.39 is 36.4 Å². The fourth-order valence-electron chi connectivity index (χ4n) is 4.70. The van der Waals surface area contributed by atoms with Crippen LogP contribution in [0.25, 0.3) is 11.3 Å². The van der Waals surface area contributed by atoms with Crippen LogP contribution in [0.3, 0.4) is 0 Å². The smallest absolute Gasteiger partial charge is 0.255 e. The highest BCUT2D eigenvalue weighted by Gasteiger charge is 2.32. The van der Waals surface area contributed by atoms with Crippen LogP contribution in [0.15, 0.2) is 54.6 Å². The van der Waals surface area contributed by atoms with Gasteiger partial charge in [0, 0.05) is 31.2 Å². The molecule has 2 atom stereocenters. The number of aliphatic hydroxyl groups excluding tert-OH is 2. The van der Waals surface area contributed by atoms with E-state index in [1.807, 2.05) is 6.07 Å². The number of anilines is 1. The quantitative estimate of drug-likeness (QED) is 0.305. The highest BCUT2D eigenvalue weighted by Crippen LogP contribution is 2.28. The molecule has 0 spiro atoms. The van der Waals surface area contributed by atoms with Crippen LogP contribution in [0.1, 0.15) is 34.3 Å². The molecule has 2 heterocycles. The van der Waals surface area contributed by atoms with Crippen LogP contribution < -0.4 is 10.6 Å². The number of hydrogen-bond acceptors (Lipinski definition) is 7. The number of benzene rings is 2. The predicted molar refractivity (Wildman–Crippen MR) is 143 cm³/mol. The Balaban J connectivity index is 1.58. The van der Waals surface area contributed by atoms with E-state index in [0.717, 1.165) is 6.07 Å². The molecule has 1 unspecified atom stereocenters. The largest absolute Gasteiger partial charge is 0.393 e. The number of nitrogens with zero attached hydrogens (tertiary/aromatic N) is 3. The zero-order chi connectivity index (χ0) is 28.6. The third kappa shape index (κ3) is 6.59. The van der Waals surface area contributed by atoms with Crippen molar-refractivity contribution in [1.29, 1.82) is 5.26 Å². The molecule has 0 saturated carbocycles. The van der Waals surface area contributed by atoms with E-state index in [0.29, 0.717) is 31.4 Å². The number of carbonyl (C=O) groups is 2. The number of carbonyl (C=O) groups excluding carboxylic acids is 2. The molecule has 4 rings (SSSR count). The molecule has 1 aliphatic rings. The van der Waals surface area contributed by atoms with Gasteiger partial charge >= 0.3 is 0 Å². The normalized spacial score (nSPS) is 15.4. The van der Waals surface area contributed by atoms with Crippen LogP contribution in [0.4, 0.5) is 14.6 Å². The average Bonchev–Trinajstić information content (AvgIpc) is 3.44. The number of nitriles is 1. The molecule has 208 valence electrons. The number of amides is 2. The third-order valence-corrected chi connectivity index (χ3v) is 6.73. The van der Waals surface area contributed by atoms with Gasteiger partial charge in [0.05, 0.1) is 23.8 Å². The maximum absolute atomic E-state index is 15.3. The minimum absolute atomic E-state index is 0.0477. The first-order valence-corrected chi connectivity index (χ1v) is 12.9. The molecule has 11 heteroatoms. The zero-order valence-corrected chi connectivity index (χ0v) is 21.6. The minimum atomic E-state index is -1.53. The number of aromatic nitrogens is 1. The Morgan fingerprint density at radius 2 is 1.98 bits per heavy atom. The van der Waals surface area contributed by atoms with Crippen LogP contribution in [0, 0.1) is 23.0 Å². The topological polar surface area (TPSA) is 139 Å². The van der Waals surface area contributed by atoms with Crippen molar-refractivity contribution in [1.82, 2.24) is 15.2 Å². The lowest BCUT2D eigenvalue weighted by atomic mass is 10.0. The summed E-state index contributed by atoms with van der Waals surface area (Å²) >= 11 is 0. The fourth-order valence-corrected chi connectivity index (χ4v) is 4.70. The van der Waals surface area contributed by atoms with Gasteiger partial charge in [-0.3, -0.25) is 9.59 Å². The van der Waals surface area contributed by atoms with Gasteiger partial charge in [0.1, 0.15) is 23.1 Å². The Morgan fingerprint density at radius 3 is 2.73 bits per heavy atom. The molecule has 2 amide bonds. The first-order valence-electron chi connectivity index (χ1n) is 12.9. The van der Waals surface area contributed by atoms with Crippen LogP contribution >= 0.6 is 0 Å². The van der Waals surface area contributed by atoms with Crippen LogP contribution in [0.5, 0.6) is 0 Å². The summed E-state index contributed by atoms with van der Waals surface area (Å²) in [5, 5.41) is 34.1. The monoisotopic (exact) mass is 549 g/mol. The minimum Gasteiger partial charge on any atom is -0.393 e. The summed E-state index contributed by atoms with van der Waals surface area (Å²) in [5.74, 6) is -2.35. The molecular weight excluding hydrogens is 520 g/mol. The number of halogens is 2. The highest BCUT2D eigenvalue weighted by molar-refractivity contribution is 5.99. The molecule has 1 fully saturated rings. The number of hydrogen-bond donors (Lipinski definition) is 4. The SMILES string of the molecule is N#Cc1ccccc1-c1nc(NCCc2cccc(F)c2)c(C(=O)NC[C@H]2CCCN2C(=O)C(O)CO)cc1F. The molecule has 1 aromatic heterocycles. The number of aliphatic hydroxyl groups is 2. The lowest BCUT2D eigenvalue weighted by Crippen LogP contribution is -2.47. The van der Waals surface area contributed by atoms with Gasteiger partial charge in [0.2, 0.25) is 0 Å². The van der Waals surface area contributed by atoms with E-state index in [2.05, 4.69) is 15.6 Å². The number of pyridine rings is 1. The van der Waals surface area contributed by atoms with E-state index in [4.69, 9.17) is 5.11 Å². The number of rotatable bonds is 10. The zero-order valence-electron chi connectivity index (χ0n) is 21.6. The molecule has 0 radical (unpaired) electrons. The standard InChI is InChI=1S/C29H29F2N5O4/c30-20-7-3-5-18(13-20)10-11-33-27-23(14-24(31)26(35-27)22-9-2-1-6-19(22)15-32)28(39)34-16-21-8-4-12-36(21)29(40)25(38)17-37/h1-3,5-7,9,13-14,21,25,37-38H,4,8,10-12,16-17H2,(H,33,35)(H,34,39)/t21-,25?/m1/s1. The van der Waals surface area contributed by atoms with Crippen LogP contribution in [-0.4, -0.2) is 70.3 Å². The van der Waals surface area contributed by atoms with Crippen LogP contribution in [0.2, 0.25) is 0 Å². The third-order valence-electron chi connectivity index (χ3n) is 6.73. The second kappa shape index (κ2) is 13.1. The van der Waals surface area contributed by atoms with Crippen molar-refractivity contribution in [3.05, 3.63) is 82.9 Å². The Morgan fingerprint density at radius 1 is 1.18 bits per heavy atom. The fraction of sp³-hybridized carbons (Fsp3) is 0.310. The summed E-state index contributed by atoms with van der Waals surface area (Å²) in [6, 6.07) is 15.1. The van der Waals surface area contributed by atoms with Gasteiger partial charge in [-0.15, -0.1) is 0 Å². The second-order valence-corrected chi connectivity index (χ2v) is 9.42. The van der Waals surface area contributed by atoms with Crippen molar-refractivity contribution in [2.75, 3.05) is 31.6 Å². The van der Waals surface area contributed by atoms with Gasteiger partial charge in [-0.05, 0) is 49.1 Å². The summed E-state index contributed by atoms with van der Waals surface area (Å²) in [4.78, 5) is 31.4. The van der Waals surface area contributed by atoms with E-state index in [9.17, 15) is 24.3 Å². The lowest BCUT2D eigenvalue weighted by Gasteiger charge is -2.26. The van der Waals surface area contributed by atoms with Crippen molar-refractivity contribution >= 4 is 17.6 Å². The summed E-state index contributed by atoms with van der Waals surface area (Å²) < 4.78 is 28.9. The van der Waals surface area contributed by atoms with Gasteiger partial charge in [0.15, 0.2) is 6.10 Å². The van der Waals surface area contributed by atoms with Crippen molar-refractivity contribution in [2.24, 2.45) is 0 Å². The Labute approximate surface area is 230 Å². The van der Waals surface area contributed by atoms with E-state index >= 15 is 4.39 Å². The molecule has 3 aromatic rings. The Bertz CT molecular complexity index is 1430. The number of nitrogens with one attached hydrogen (secondary N) is 2. The van der Waals surface area contributed by atoms with Gasteiger partial charge in [-0.1, -0.05) is 30.3 Å². The first kappa shape index (κ1) is 28.6. The average molecular weight is 550 g/mol. The molecule has 9 nitrogen and oxygen atoms in total. The van der Waals surface area contributed by atoms with Crippen molar-refractivity contribution in [3.63, 3.8) is 0 Å². The maximum Gasteiger partial charge on any atom is 0.255 e. The molecule has 40 heavy (non-hydrogen) atoms. The number of likely N-dealkylation sites (tertiary alicyclic amines) is 1. The van der Waals surface area contributed by atoms with Crippen molar-refractivity contribution in [3.8, 4) is 17.3 Å². The van der Waals surface area contributed by atoms with E-state index in [1.165, 1.54) is 23.1 Å². The van der Waals surface area contributed by atoms with E-state index in [1.54, 1.807) is 30.3 Å².